The van der Waals surface area contributed by atoms with Crippen molar-refractivity contribution in [2.24, 2.45) is 0 Å². The van der Waals surface area contributed by atoms with Gasteiger partial charge in [0.25, 0.3) is 0 Å². The summed E-state index contributed by atoms with van der Waals surface area (Å²) in [5.41, 5.74) is 10.8. The van der Waals surface area contributed by atoms with Crippen LogP contribution < -0.4 is 10.4 Å². The van der Waals surface area contributed by atoms with Crippen molar-refractivity contribution in [1.29, 1.82) is 0 Å². The molecule has 0 spiro atoms. The highest BCUT2D eigenvalue weighted by molar-refractivity contribution is 6.90. The van der Waals surface area contributed by atoms with E-state index in [-0.39, 0.29) is 0 Å². The maximum absolute atomic E-state index is 2.51. The molecule has 0 saturated carbocycles. The average molecular weight is 746 g/mol. The minimum Gasteiger partial charge on any atom is -0.309 e. The number of aromatic nitrogens is 3. The van der Waals surface area contributed by atoms with Crippen LogP contribution in [0.15, 0.2) is 152 Å². The molecule has 55 heavy (non-hydrogen) atoms. The highest BCUT2D eigenvalue weighted by atomic mass is 28.3. The second-order valence-corrected chi connectivity index (χ2v) is 26.8. The summed E-state index contributed by atoms with van der Waals surface area (Å²) in [6, 6.07) is 60.0. The fourth-order valence-electron chi connectivity index (χ4n) is 8.92. The molecule has 0 N–H and O–H groups in total. The van der Waals surface area contributed by atoms with E-state index in [9.17, 15) is 0 Å². The molecule has 3 heterocycles. The Labute approximate surface area is 325 Å². The first-order valence-electron chi connectivity index (χ1n) is 19.9. The maximum atomic E-state index is 2.51. The molecule has 0 aliphatic carbocycles. The Morgan fingerprint density at radius 3 is 0.909 bits per heavy atom. The largest absolute Gasteiger partial charge is 0.309 e. The summed E-state index contributed by atoms with van der Waals surface area (Å²) in [6.07, 6.45) is 0. The Balaban J connectivity index is 1.33. The van der Waals surface area contributed by atoms with Crippen molar-refractivity contribution in [2.75, 3.05) is 0 Å². The molecule has 0 bridgehead atoms. The molecule has 0 atom stereocenters. The van der Waals surface area contributed by atoms with Crippen LogP contribution in [0.25, 0.3) is 82.5 Å². The number of para-hydroxylation sites is 4. The molecule has 3 nitrogen and oxygen atoms in total. The van der Waals surface area contributed by atoms with Gasteiger partial charge in [-0.2, -0.15) is 0 Å². The van der Waals surface area contributed by atoms with Gasteiger partial charge in [0, 0.05) is 32.3 Å². The van der Waals surface area contributed by atoms with Gasteiger partial charge in [0.05, 0.1) is 66.3 Å². The van der Waals surface area contributed by atoms with Gasteiger partial charge in [0.1, 0.15) is 0 Å². The average Bonchev–Trinajstić information content (AvgIpc) is 3.86. The summed E-state index contributed by atoms with van der Waals surface area (Å²) < 4.78 is 7.49. The molecular weight excluding hydrogens is 699 g/mol. The number of nitrogens with zero attached hydrogens (tertiary/aromatic N) is 3. The lowest BCUT2D eigenvalue weighted by atomic mass is 10.1. The topological polar surface area (TPSA) is 14.8 Å². The second kappa shape index (κ2) is 12.5. The molecular formula is C50H47N3Si2. The van der Waals surface area contributed by atoms with Crippen molar-refractivity contribution in [3.8, 4) is 17.1 Å². The Kier molecular flexibility index (Phi) is 7.68. The minimum atomic E-state index is -1.56. The van der Waals surface area contributed by atoms with Gasteiger partial charge in [0.2, 0.25) is 0 Å². The molecule has 0 aliphatic rings. The van der Waals surface area contributed by atoms with Gasteiger partial charge in [-0.05, 0) is 54.6 Å². The molecule has 0 unspecified atom stereocenters. The van der Waals surface area contributed by atoms with E-state index in [1.54, 1.807) is 0 Å². The zero-order valence-electron chi connectivity index (χ0n) is 32.7. The van der Waals surface area contributed by atoms with Crippen molar-refractivity contribution in [2.45, 2.75) is 52.1 Å². The fourth-order valence-corrected chi connectivity index (χ4v) is 11.9. The predicted molar refractivity (Wildman–Crippen MR) is 245 cm³/mol. The van der Waals surface area contributed by atoms with E-state index in [1.165, 1.54) is 87.9 Å². The van der Waals surface area contributed by atoms with E-state index in [0.717, 1.165) is 17.1 Å². The van der Waals surface area contributed by atoms with Crippen LogP contribution in [-0.4, -0.2) is 29.8 Å². The standard InChI is InChI=1S/C50H47N3Si2/c1-7-54(3,4)37-25-27-49-43(32-37)41-19-11-15-23-47(41)52(49)35-29-34(51-45-21-13-9-17-39(45)40-18-10-14-22-46(40)51)30-36(31-35)53-48-24-16-12-20-42(48)44-33-38(26-28-50(44)53)55(5,6)8-2/h9-33H,7-8H2,1-6H3. The van der Waals surface area contributed by atoms with Gasteiger partial charge in [-0.3, -0.25) is 0 Å². The number of fused-ring (bicyclic) bond motifs is 9. The zero-order valence-corrected chi connectivity index (χ0v) is 34.7. The third-order valence-corrected chi connectivity index (χ3v) is 20.2. The summed E-state index contributed by atoms with van der Waals surface area (Å²) in [5.74, 6) is 0. The van der Waals surface area contributed by atoms with Crippen LogP contribution in [0.4, 0.5) is 0 Å². The number of rotatable bonds is 7. The summed E-state index contributed by atoms with van der Waals surface area (Å²) in [6.45, 7) is 14.7. The van der Waals surface area contributed by atoms with E-state index in [2.05, 4.69) is 205 Å². The molecule has 0 amide bonds. The first-order chi connectivity index (χ1) is 26.7. The number of benzene rings is 7. The Bertz CT molecular complexity index is 2930. The maximum Gasteiger partial charge on any atom is 0.0803 e. The van der Waals surface area contributed by atoms with E-state index in [0.29, 0.717) is 0 Å². The first kappa shape index (κ1) is 33.9. The van der Waals surface area contributed by atoms with Crippen molar-refractivity contribution in [3.63, 3.8) is 0 Å². The van der Waals surface area contributed by atoms with Crippen LogP contribution >= 0.6 is 0 Å². The minimum absolute atomic E-state index is 1.15. The summed E-state index contributed by atoms with van der Waals surface area (Å²) in [5, 5.41) is 10.8. The lowest BCUT2D eigenvalue weighted by Gasteiger charge is -2.21. The van der Waals surface area contributed by atoms with E-state index in [1.807, 2.05) is 0 Å². The van der Waals surface area contributed by atoms with Gasteiger partial charge >= 0.3 is 0 Å². The van der Waals surface area contributed by atoms with Gasteiger partial charge < -0.3 is 13.7 Å². The second-order valence-electron chi connectivity index (χ2n) is 16.7. The quantitative estimate of drug-likeness (QED) is 0.144. The van der Waals surface area contributed by atoms with E-state index < -0.39 is 16.1 Å². The lowest BCUT2D eigenvalue weighted by Crippen LogP contribution is -2.40. The highest BCUT2D eigenvalue weighted by Crippen LogP contribution is 2.39. The summed E-state index contributed by atoms with van der Waals surface area (Å²) in [4.78, 5) is 0. The van der Waals surface area contributed by atoms with Crippen LogP contribution in [0.5, 0.6) is 0 Å². The van der Waals surface area contributed by atoms with Crippen molar-refractivity contribution >= 4 is 91.9 Å². The molecule has 270 valence electrons. The molecule has 10 aromatic rings. The SMILES string of the molecule is CC[Si](C)(C)c1ccc2c(c1)c1ccccc1n2-c1cc(-n2c3ccccc3c3ccccc32)cc(-n2c3ccccc3c3cc([Si](C)(C)CC)ccc32)c1. The van der Waals surface area contributed by atoms with Crippen LogP contribution in [0, 0.1) is 0 Å². The molecule has 3 aromatic heterocycles. The summed E-state index contributed by atoms with van der Waals surface area (Å²) in [7, 11) is -3.11. The Hall–Kier alpha value is -5.63. The molecule has 0 aliphatic heterocycles. The van der Waals surface area contributed by atoms with Gasteiger partial charge in [-0.25, -0.2) is 0 Å². The van der Waals surface area contributed by atoms with E-state index in [4.69, 9.17) is 0 Å². The van der Waals surface area contributed by atoms with Crippen molar-refractivity contribution < 1.29 is 0 Å². The smallest absolute Gasteiger partial charge is 0.0803 e. The van der Waals surface area contributed by atoms with Crippen molar-refractivity contribution in [3.05, 3.63) is 152 Å². The molecule has 0 radical (unpaired) electrons. The summed E-state index contributed by atoms with van der Waals surface area (Å²) >= 11 is 0. The highest BCUT2D eigenvalue weighted by Gasteiger charge is 2.25. The van der Waals surface area contributed by atoms with Crippen LogP contribution in [0.3, 0.4) is 0 Å². The Morgan fingerprint density at radius 2 is 0.600 bits per heavy atom. The van der Waals surface area contributed by atoms with Crippen LogP contribution in [-0.2, 0) is 0 Å². The van der Waals surface area contributed by atoms with Crippen LogP contribution in [0.1, 0.15) is 13.8 Å². The van der Waals surface area contributed by atoms with Gasteiger partial charge in [0.15, 0.2) is 0 Å². The molecule has 7 aromatic carbocycles. The zero-order chi connectivity index (χ0) is 37.6. The first-order valence-corrected chi connectivity index (χ1v) is 26.3. The Morgan fingerprint density at radius 1 is 0.327 bits per heavy atom. The van der Waals surface area contributed by atoms with Gasteiger partial charge in [-0.15, -0.1) is 0 Å². The third-order valence-electron chi connectivity index (χ3n) is 12.9. The normalized spacial score (nSPS) is 12.7. The number of hydrogen-bond acceptors (Lipinski definition) is 0. The molecule has 5 heteroatoms. The fraction of sp³-hybridized carbons (Fsp3) is 0.160. The van der Waals surface area contributed by atoms with Crippen molar-refractivity contribution in [1.82, 2.24) is 13.7 Å². The number of hydrogen-bond donors (Lipinski definition) is 0. The van der Waals surface area contributed by atoms with E-state index >= 15 is 0 Å². The molecule has 10 rings (SSSR count). The van der Waals surface area contributed by atoms with Gasteiger partial charge in [-0.1, -0.05) is 160 Å². The van der Waals surface area contributed by atoms with Crippen LogP contribution in [0.2, 0.25) is 38.3 Å². The lowest BCUT2D eigenvalue weighted by molar-refractivity contribution is 1.10. The third kappa shape index (κ3) is 5.13. The predicted octanol–water partition coefficient (Wildman–Crippen LogP) is 12.8. The molecule has 0 fully saturated rings. The molecule has 0 saturated heterocycles. The monoisotopic (exact) mass is 745 g/mol.